The summed E-state index contributed by atoms with van der Waals surface area (Å²) in [6.07, 6.45) is 21.0. The van der Waals surface area contributed by atoms with Crippen LogP contribution in [0.15, 0.2) is 48.8 Å². The van der Waals surface area contributed by atoms with Crippen molar-refractivity contribution in [3.63, 3.8) is 0 Å². The van der Waals surface area contributed by atoms with E-state index >= 15 is 0 Å². The smallest absolute Gasteiger partial charge is 0.248 e. The van der Waals surface area contributed by atoms with Crippen LogP contribution in [0.4, 0.5) is 21.6 Å². The fraction of sp³-hybridized carbons (Fsp3) is 0.541. The Kier molecular flexibility index (Phi) is 9.45. The summed E-state index contributed by atoms with van der Waals surface area (Å²) in [5.41, 5.74) is 2.44. The highest BCUT2D eigenvalue weighted by Crippen LogP contribution is 2.55. The fourth-order valence-corrected chi connectivity index (χ4v) is 8.84. The third-order valence-corrected chi connectivity index (χ3v) is 11.3. The maximum Gasteiger partial charge on any atom is 0.248 e. The van der Waals surface area contributed by atoms with Crippen molar-refractivity contribution >= 4 is 45.6 Å². The number of amides is 1. The number of halogens is 2. The van der Waals surface area contributed by atoms with Crippen LogP contribution in [0.25, 0.3) is 10.9 Å². The predicted octanol–water partition coefficient (Wildman–Crippen LogP) is 8.91. The Bertz CT molecular complexity index is 1570. The number of rotatable bonds is 10. The SMILES string of the molecule is O=C(C=CCN1CC2CCCCC2C1)Nc1cc2c(Nc3ccc(F)c(Cl)c3)ncnc2cc1OCCC1CC2(CCCCC2)C1. The summed E-state index contributed by atoms with van der Waals surface area (Å²) in [6, 6.07) is 8.16. The molecular weight excluding hydrogens is 601 g/mol. The summed E-state index contributed by atoms with van der Waals surface area (Å²) in [6.45, 7) is 3.64. The molecule has 1 saturated heterocycles. The van der Waals surface area contributed by atoms with E-state index in [0.29, 0.717) is 51.8 Å². The van der Waals surface area contributed by atoms with E-state index in [2.05, 4.69) is 25.5 Å². The standard InChI is InChI=1S/C37H45ClFN5O2/c38-30-17-28(10-11-31(30)39)42-36-29-18-33(43-35(45)9-6-15-44-22-26-7-2-3-8-27(26)23-44)34(19-32(29)40-24-41-36)46-16-12-25-20-37(21-25)13-4-1-5-14-37/h6,9-11,17-19,24-27H,1-5,7-8,12-16,20-23H2,(H,43,45)(H,40,41,42). The van der Waals surface area contributed by atoms with E-state index in [1.807, 2.05) is 18.2 Å². The lowest BCUT2D eigenvalue weighted by Gasteiger charge is -2.50. The summed E-state index contributed by atoms with van der Waals surface area (Å²) >= 11 is 6.02. The molecule has 2 atom stereocenters. The summed E-state index contributed by atoms with van der Waals surface area (Å²) in [5, 5.41) is 7.02. The van der Waals surface area contributed by atoms with Crippen LogP contribution in [-0.4, -0.2) is 47.0 Å². The molecule has 3 aromatic rings. The van der Waals surface area contributed by atoms with Crippen molar-refractivity contribution in [2.75, 3.05) is 36.9 Å². The van der Waals surface area contributed by atoms with Crippen LogP contribution < -0.4 is 15.4 Å². The Morgan fingerprint density at radius 3 is 2.59 bits per heavy atom. The second kappa shape index (κ2) is 13.9. The van der Waals surface area contributed by atoms with Crippen LogP contribution in [0.1, 0.15) is 77.0 Å². The molecule has 1 amide bonds. The molecule has 4 aliphatic rings. The van der Waals surface area contributed by atoms with Gasteiger partial charge >= 0.3 is 0 Å². The van der Waals surface area contributed by atoms with E-state index in [4.69, 9.17) is 16.3 Å². The number of nitrogens with zero attached hydrogens (tertiary/aromatic N) is 3. The van der Waals surface area contributed by atoms with Gasteiger partial charge in [0.25, 0.3) is 0 Å². The molecule has 9 heteroatoms. The van der Waals surface area contributed by atoms with E-state index in [0.717, 1.165) is 37.9 Å². The van der Waals surface area contributed by atoms with E-state index in [-0.39, 0.29) is 10.9 Å². The normalized spacial score (nSPS) is 23.0. The maximum atomic E-state index is 13.8. The van der Waals surface area contributed by atoms with Gasteiger partial charge in [-0.1, -0.05) is 49.8 Å². The van der Waals surface area contributed by atoms with Crippen LogP contribution in [-0.2, 0) is 4.79 Å². The quantitative estimate of drug-likeness (QED) is 0.214. The van der Waals surface area contributed by atoms with Crippen LogP contribution in [0.5, 0.6) is 5.75 Å². The molecule has 1 aromatic heterocycles. The molecule has 2 aromatic carbocycles. The molecule has 3 aliphatic carbocycles. The average molecular weight is 646 g/mol. The van der Waals surface area contributed by atoms with Gasteiger partial charge in [0.2, 0.25) is 5.91 Å². The summed E-state index contributed by atoms with van der Waals surface area (Å²) in [4.78, 5) is 24.6. The van der Waals surface area contributed by atoms with Crippen molar-refractivity contribution in [1.82, 2.24) is 14.9 Å². The molecule has 7 rings (SSSR count). The topological polar surface area (TPSA) is 79.4 Å². The van der Waals surface area contributed by atoms with Crippen LogP contribution >= 0.6 is 11.6 Å². The van der Waals surface area contributed by atoms with Gasteiger partial charge in [0, 0.05) is 42.9 Å². The van der Waals surface area contributed by atoms with Gasteiger partial charge in [0.05, 0.1) is 22.8 Å². The van der Waals surface area contributed by atoms with Crippen molar-refractivity contribution in [2.24, 2.45) is 23.2 Å². The summed E-state index contributed by atoms with van der Waals surface area (Å²) < 4.78 is 20.1. The highest BCUT2D eigenvalue weighted by atomic mass is 35.5. The lowest BCUT2D eigenvalue weighted by Crippen LogP contribution is -2.39. The van der Waals surface area contributed by atoms with E-state index < -0.39 is 5.82 Å². The first kappa shape index (κ1) is 31.4. The van der Waals surface area contributed by atoms with Crippen LogP contribution in [0.3, 0.4) is 0 Å². The van der Waals surface area contributed by atoms with Crippen molar-refractivity contribution in [3.8, 4) is 5.75 Å². The Morgan fingerprint density at radius 1 is 1.04 bits per heavy atom. The van der Waals surface area contributed by atoms with Gasteiger partial charge in [-0.2, -0.15) is 0 Å². The van der Waals surface area contributed by atoms with Gasteiger partial charge in [-0.15, -0.1) is 0 Å². The van der Waals surface area contributed by atoms with Gasteiger partial charge in [-0.3, -0.25) is 9.69 Å². The highest BCUT2D eigenvalue weighted by Gasteiger charge is 2.43. The number of hydrogen-bond acceptors (Lipinski definition) is 6. The van der Waals surface area contributed by atoms with E-state index in [9.17, 15) is 9.18 Å². The number of fused-ring (bicyclic) bond motifs is 2. The number of likely N-dealkylation sites (tertiary alicyclic amines) is 1. The fourth-order valence-electron chi connectivity index (χ4n) is 8.66. The molecule has 0 radical (unpaired) electrons. The molecular formula is C37H45ClFN5O2. The number of carbonyl (C=O) groups excluding carboxylic acids is 1. The number of carbonyl (C=O) groups is 1. The summed E-state index contributed by atoms with van der Waals surface area (Å²) in [7, 11) is 0. The average Bonchev–Trinajstić information content (AvgIpc) is 3.46. The molecule has 1 aliphatic heterocycles. The number of anilines is 3. The van der Waals surface area contributed by atoms with Crippen molar-refractivity contribution in [2.45, 2.75) is 77.0 Å². The lowest BCUT2D eigenvalue weighted by molar-refractivity contribution is -0.111. The van der Waals surface area contributed by atoms with Crippen molar-refractivity contribution in [1.29, 1.82) is 0 Å². The Morgan fingerprint density at radius 2 is 1.83 bits per heavy atom. The Labute approximate surface area is 276 Å². The number of nitrogens with one attached hydrogen (secondary N) is 2. The number of ether oxygens (including phenoxy) is 1. The van der Waals surface area contributed by atoms with Gasteiger partial charge in [-0.05, 0) is 92.4 Å². The minimum Gasteiger partial charge on any atom is -0.491 e. The number of hydrogen-bond donors (Lipinski definition) is 2. The van der Waals surface area contributed by atoms with E-state index in [1.54, 1.807) is 12.1 Å². The predicted molar refractivity (Wildman–Crippen MR) is 182 cm³/mol. The molecule has 7 nitrogen and oxygen atoms in total. The third kappa shape index (κ3) is 7.18. The van der Waals surface area contributed by atoms with Gasteiger partial charge in [0.15, 0.2) is 0 Å². The van der Waals surface area contributed by atoms with E-state index in [1.165, 1.54) is 89.1 Å². The molecule has 4 fully saturated rings. The van der Waals surface area contributed by atoms with Gasteiger partial charge < -0.3 is 15.4 Å². The second-order valence-corrected chi connectivity index (χ2v) is 14.6. The van der Waals surface area contributed by atoms with Crippen molar-refractivity contribution in [3.05, 3.63) is 59.7 Å². The van der Waals surface area contributed by atoms with Crippen LogP contribution in [0, 0.1) is 29.0 Å². The highest BCUT2D eigenvalue weighted by molar-refractivity contribution is 6.31. The zero-order valence-electron chi connectivity index (χ0n) is 26.6. The number of aromatic nitrogens is 2. The largest absolute Gasteiger partial charge is 0.491 e. The molecule has 1 spiro atoms. The van der Waals surface area contributed by atoms with Gasteiger partial charge in [-0.25, -0.2) is 14.4 Å². The number of benzene rings is 2. The zero-order valence-corrected chi connectivity index (χ0v) is 27.3. The molecule has 2 heterocycles. The zero-order chi connectivity index (χ0) is 31.5. The monoisotopic (exact) mass is 645 g/mol. The maximum absolute atomic E-state index is 13.8. The molecule has 2 unspecified atom stereocenters. The Balaban J connectivity index is 1.05. The first-order valence-electron chi connectivity index (χ1n) is 17.3. The van der Waals surface area contributed by atoms with Gasteiger partial charge in [0.1, 0.15) is 23.7 Å². The first-order valence-corrected chi connectivity index (χ1v) is 17.6. The Hall–Kier alpha value is -3.23. The molecule has 2 N–H and O–H groups in total. The molecule has 244 valence electrons. The van der Waals surface area contributed by atoms with Crippen LogP contribution in [0.2, 0.25) is 5.02 Å². The minimum atomic E-state index is -0.487. The molecule has 0 bridgehead atoms. The van der Waals surface area contributed by atoms with Crippen molar-refractivity contribution < 1.29 is 13.9 Å². The second-order valence-electron chi connectivity index (χ2n) is 14.2. The molecule has 3 saturated carbocycles. The first-order chi connectivity index (χ1) is 22.4. The lowest BCUT2D eigenvalue weighted by atomic mass is 9.55. The summed E-state index contributed by atoms with van der Waals surface area (Å²) in [5.74, 6) is 2.77. The molecule has 46 heavy (non-hydrogen) atoms. The third-order valence-electron chi connectivity index (χ3n) is 11.0. The minimum absolute atomic E-state index is 0.0207.